The van der Waals surface area contributed by atoms with Crippen LogP contribution in [0.3, 0.4) is 0 Å². The number of carbonyl (C=O) groups is 2. The number of aromatic amines is 1. The maximum atomic E-state index is 13.9. The van der Waals surface area contributed by atoms with Crippen molar-refractivity contribution in [3.05, 3.63) is 47.3 Å². The highest BCUT2D eigenvalue weighted by molar-refractivity contribution is 6.24. The number of ether oxygens (including phenoxy) is 1. The van der Waals surface area contributed by atoms with Crippen molar-refractivity contribution in [1.29, 1.82) is 0 Å². The van der Waals surface area contributed by atoms with Crippen molar-refractivity contribution in [2.75, 3.05) is 12.0 Å². The first-order chi connectivity index (χ1) is 15.2. The van der Waals surface area contributed by atoms with E-state index in [-0.39, 0.29) is 35.0 Å². The average molecular weight is 435 g/mol. The Kier molecular flexibility index (Phi) is 4.99. The number of aromatic nitrogens is 1. The van der Waals surface area contributed by atoms with Crippen molar-refractivity contribution in [1.82, 2.24) is 4.98 Å². The molecule has 32 heavy (non-hydrogen) atoms. The van der Waals surface area contributed by atoms with E-state index < -0.39 is 0 Å². The number of methoxy groups -OCH3 is 1. The summed E-state index contributed by atoms with van der Waals surface area (Å²) in [7, 11) is 1.61. The Morgan fingerprint density at radius 3 is 2.44 bits per heavy atom. The molecule has 1 aliphatic heterocycles. The highest BCUT2D eigenvalue weighted by Crippen LogP contribution is 2.58. The SMILES string of the molecule is CCc1cc2c([nH]1)[C@@H]1CCC(C(C)(C)C)C[C@@H]1[C@@H]1C(=O)N(c3ccc(OC)cc3)C(=O)[C@H]21. The number of H-pyrrole nitrogens is 1. The molecular formula is C27H34N2O3. The Labute approximate surface area is 190 Å². The summed E-state index contributed by atoms with van der Waals surface area (Å²) >= 11 is 0. The largest absolute Gasteiger partial charge is 0.497 e. The number of fused-ring (bicyclic) bond motifs is 6. The van der Waals surface area contributed by atoms with Gasteiger partial charge in [0, 0.05) is 17.3 Å². The zero-order chi connectivity index (χ0) is 22.8. The number of nitrogens with one attached hydrogen (secondary N) is 1. The highest BCUT2D eigenvalue weighted by Gasteiger charge is 2.59. The van der Waals surface area contributed by atoms with Crippen LogP contribution in [0.5, 0.6) is 5.75 Å². The third-order valence-corrected chi connectivity index (χ3v) is 8.29. The van der Waals surface area contributed by atoms with Gasteiger partial charge in [-0.3, -0.25) is 9.59 Å². The van der Waals surface area contributed by atoms with Gasteiger partial charge in [0.15, 0.2) is 0 Å². The number of carbonyl (C=O) groups excluding carboxylic acids is 2. The van der Waals surface area contributed by atoms with Gasteiger partial charge in [0.25, 0.3) is 0 Å². The molecule has 1 saturated heterocycles. The predicted octanol–water partition coefficient (Wildman–Crippen LogP) is 5.42. The Morgan fingerprint density at radius 1 is 1.09 bits per heavy atom. The van der Waals surface area contributed by atoms with Crippen LogP contribution in [0.2, 0.25) is 0 Å². The third kappa shape index (κ3) is 3.12. The predicted molar refractivity (Wildman–Crippen MR) is 125 cm³/mol. The number of rotatable bonds is 3. The van der Waals surface area contributed by atoms with Gasteiger partial charge in [0.2, 0.25) is 11.8 Å². The fourth-order valence-electron chi connectivity index (χ4n) is 6.48. The Morgan fingerprint density at radius 2 is 1.81 bits per heavy atom. The van der Waals surface area contributed by atoms with E-state index in [0.29, 0.717) is 23.3 Å². The van der Waals surface area contributed by atoms with Crippen molar-refractivity contribution >= 4 is 17.5 Å². The lowest BCUT2D eigenvalue weighted by Gasteiger charge is -2.46. The molecule has 170 valence electrons. The Hall–Kier alpha value is -2.56. The molecule has 5 heteroatoms. The summed E-state index contributed by atoms with van der Waals surface area (Å²) < 4.78 is 5.26. The van der Waals surface area contributed by atoms with Crippen molar-refractivity contribution in [3.63, 3.8) is 0 Å². The Balaban J connectivity index is 1.59. The first-order valence-corrected chi connectivity index (χ1v) is 12.0. The number of imide groups is 1. The maximum Gasteiger partial charge on any atom is 0.242 e. The molecule has 0 radical (unpaired) electrons. The summed E-state index contributed by atoms with van der Waals surface area (Å²) in [6.07, 6.45) is 4.16. The molecule has 2 fully saturated rings. The van der Waals surface area contributed by atoms with Crippen LogP contribution in [0.1, 0.15) is 75.7 Å². The number of amides is 2. The van der Waals surface area contributed by atoms with Gasteiger partial charge in [-0.1, -0.05) is 27.7 Å². The van der Waals surface area contributed by atoms with Gasteiger partial charge in [-0.2, -0.15) is 0 Å². The van der Waals surface area contributed by atoms with E-state index in [1.54, 1.807) is 7.11 Å². The summed E-state index contributed by atoms with van der Waals surface area (Å²) in [5.41, 5.74) is 4.29. The smallest absolute Gasteiger partial charge is 0.242 e. The van der Waals surface area contributed by atoms with Crippen LogP contribution in [0.25, 0.3) is 0 Å². The normalized spacial score (nSPS) is 29.5. The standard InChI is InChI=1S/C27H34N2O3/c1-6-16-14-21-23-22(20-13-15(27(2,3)4)7-12-19(20)24(21)28-16)25(30)29(26(23)31)17-8-10-18(32-5)11-9-17/h8-11,14-15,19-20,22-23,28H,6-7,12-13H2,1-5H3/t15?,19-,20+,22+,23-/m1/s1. The minimum Gasteiger partial charge on any atom is -0.497 e. The van der Waals surface area contributed by atoms with E-state index in [1.807, 2.05) is 24.3 Å². The highest BCUT2D eigenvalue weighted by atomic mass is 16.5. The van der Waals surface area contributed by atoms with Gasteiger partial charge in [-0.15, -0.1) is 0 Å². The van der Waals surface area contributed by atoms with E-state index in [2.05, 4.69) is 38.7 Å². The van der Waals surface area contributed by atoms with Crippen LogP contribution < -0.4 is 9.64 Å². The second kappa shape index (κ2) is 7.50. The van der Waals surface area contributed by atoms with Crippen molar-refractivity contribution in [2.24, 2.45) is 23.2 Å². The lowest BCUT2D eigenvalue weighted by atomic mass is 9.57. The summed E-state index contributed by atoms with van der Waals surface area (Å²) in [6.45, 7) is 9.05. The summed E-state index contributed by atoms with van der Waals surface area (Å²) in [5, 5.41) is 0. The number of hydrogen-bond donors (Lipinski definition) is 1. The van der Waals surface area contributed by atoms with Crippen LogP contribution in [-0.2, 0) is 16.0 Å². The number of hydrogen-bond acceptors (Lipinski definition) is 3. The van der Waals surface area contributed by atoms with Gasteiger partial charge in [-0.05, 0) is 78.8 Å². The fourth-order valence-corrected chi connectivity index (χ4v) is 6.48. The zero-order valence-corrected chi connectivity index (χ0v) is 19.8. The quantitative estimate of drug-likeness (QED) is 0.656. The van der Waals surface area contributed by atoms with Crippen molar-refractivity contribution < 1.29 is 14.3 Å². The molecule has 5 rings (SSSR count). The fraction of sp³-hybridized carbons (Fsp3) is 0.556. The summed E-state index contributed by atoms with van der Waals surface area (Å²) in [5.74, 6) is 1.05. The monoisotopic (exact) mass is 434 g/mol. The summed E-state index contributed by atoms with van der Waals surface area (Å²) in [6, 6.07) is 9.42. The molecule has 1 unspecified atom stereocenters. The van der Waals surface area contributed by atoms with Crippen LogP contribution >= 0.6 is 0 Å². The third-order valence-electron chi connectivity index (χ3n) is 8.29. The minimum atomic E-state index is -0.379. The number of nitrogens with zero attached hydrogens (tertiary/aromatic N) is 1. The lowest BCUT2D eigenvalue weighted by molar-refractivity contribution is -0.123. The van der Waals surface area contributed by atoms with Gasteiger partial charge in [-0.25, -0.2) is 4.90 Å². The number of benzene rings is 1. The van der Waals surface area contributed by atoms with E-state index in [9.17, 15) is 9.59 Å². The van der Waals surface area contributed by atoms with Gasteiger partial charge < -0.3 is 9.72 Å². The first-order valence-electron chi connectivity index (χ1n) is 12.0. The van der Waals surface area contributed by atoms with Gasteiger partial charge >= 0.3 is 0 Å². The molecule has 1 aromatic carbocycles. The number of anilines is 1. The van der Waals surface area contributed by atoms with E-state index in [1.165, 1.54) is 17.0 Å². The van der Waals surface area contributed by atoms with E-state index in [0.717, 1.165) is 30.5 Å². The average Bonchev–Trinajstić information content (AvgIpc) is 3.32. The molecule has 5 nitrogen and oxygen atoms in total. The molecular weight excluding hydrogens is 400 g/mol. The van der Waals surface area contributed by atoms with Crippen LogP contribution in [-0.4, -0.2) is 23.9 Å². The second-order valence-corrected chi connectivity index (χ2v) is 10.9. The molecule has 1 saturated carbocycles. The first kappa shape index (κ1) is 21.3. The van der Waals surface area contributed by atoms with Crippen LogP contribution in [0.4, 0.5) is 5.69 Å². The van der Waals surface area contributed by atoms with Gasteiger partial charge in [0.1, 0.15) is 5.75 Å². The molecule has 3 aliphatic rings. The molecule has 2 aromatic rings. The molecule has 2 aliphatic carbocycles. The lowest BCUT2D eigenvalue weighted by Crippen LogP contribution is -2.41. The molecule has 5 atom stereocenters. The molecule has 0 bridgehead atoms. The molecule has 2 amide bonds. The van der Waals surface area contributed by atoms with Crippen molar-refractivity contribution in [2.45, 2.75) is 65.2 Å². The molecule has 2 heterocycles. The van der Waals surface area contributed by atoms with Crippen LogP contribution in [0, 0.1) is 23.2 Å². The minimum absolute atomic E-state index is 0.0281. The van der Waals surface area contributed by atoms with Gasteiger partial charge in [0.05, 0.1) is 24.6 Å². The maximum absolute atomic E-state index is 13.9. The molecule has 1 N–H and O–H groups in total. The Bertz CT molecular complexity index is 1050. The second-order valence-electron chi connectivity index (χ2n) is 10.9. The zero-order valence-electron chi connectivity index (χ0n) is 19.8. The van der Waals surface area contributed by atoms with Crippen molar-refractivity contribution in [3.8, 4) is 5.75 Å². The topological polar surface area (TPSA) is 62.4 Å². The molecule has 0 spiro atoms. The van der Waals surface area contributed by atoms with Crippen LogP contribution in [0.15, 0.2) is 30.3 Å². The number of aryl methyl sites for hydroxylation is 1. The summed E-state index contributed by atoms with van der Waals surface area (Å²) in [4.78, 5) is 32.7. The van der Waals surface area contributed by atoms with E-state index in [4.69, 9.17) is 4.74 Å². The molecule has 1 aromatic heterocycles. The van der Waals surface area contributed by atoms with E-state index >= 15 is 0 Å².